The van der Waals surface area contributed by atoms with Crippen molar-refractivity contribution in [2.75, 3.05) is 13.2 Å². The van der Waals surface area contributed by atoms with E-state index in [9.17, 15) is 52.7 Å². The number of rotatable bonds is 31. The van der Waals surface area contributed by atoms with Gasteiger partial charge in [-0.1, -0.05) is 146 Å². The standard InChI is InChI=1S/C28H28O6.C28H28O5.C27H26O6.C26H24O6/c1-16(2)26(29)32-15-21-10-8-19-7-9-20(13-25(19)21)22-11-23(33-27(30)17(3)4)14-24(12-22)34-28(31)18(5)6;1-7-19(6)31-16-22-11-9-20-8-10-21(14-26(20)22)23-12-24(32-27(29)17(2)3)15-25(13-23)33-28(30)18(4)5;1-15(2)25(28)31-21-11-20(12-22(14-21)32-26(29)16(3)4)19-8-7-18-9-10-24(23(18)13-19)33-27(30)17(5)6;1-6-24(27)32-23-10-9-17-7-8-18(13-22(17)23)19-11-20(30-25(28)15(2)3)14-21(12-19)31-26(29)16(4)5/h7,9,11-14,21H,1,3,5,8,10,15H2,2,4,6H3;7-8,10,12-15,22H,1-2,4,6,9,11,16H2,3,5H3;7-8,11-14,24H,1,3,5,9-10H2,2,4,6H3;6-8,11-14,23H,1-2,4,9-10H2,3,5H3. The van der Waals surface area contributed by atoms with Crippen molar-refractivity contribution in [3.63, 3.8) is 0 Å². The quantitative estimate of drug-likeness (QED) is 0.00973. The summed E-state index contributed by atoms with van der Waals surface area (Å²) in [5.41, 5.74) is 17.5. The fourth-order valence-electron chi connectivity index (χ4n) is 13.8. The zero-order valence-electron chi connectivity index (χ0n) is 76.0. The molecule has 0 radical (unpaired) electrons. The second kappa shape index (κ2) is 45.4. The molecule has 0 spiro atoms. The number of hydrogen-bond acceptors (Lipinski definition) is 23. The minimum atomic E-state index is -0.593. The first-order valence-corrected chi connectivity index (χ1v) is 42.1. The molecule has 8 aromatic carbocycles. The van der Waals surface area contributed by atoms with Gasteiger partial charge in [-0.15, -0.1) is 0 Å². The van der Waals surface area contributed by atoms with Crippen molar-refractivity contribution in [2.45, 2.75) is 145 Å². The summed E-state index contributed by atoms with van der Waals surface area (Å²) in [5.74, 6) is -3.31. The maximum Gasteiger partial charge on any atom is 0.338 e. The Labute approximate surface area is 768 Å². The predicted molar refractivity (Wildman–Crippen MR) is 504 cm³/mol. The molecule has 12 rings (SSSR count). The molecular formula is C109H106O23. The number of esters is 11. The van der Waals surface area contributed by atoms with Gasteiger partial charge in [0.1, 0.15) is 64.0 Å². The normalized spacial score (nSPS) is 14.1. The highest BCUT2D eigenvalue weighted by atomic mass is 16.6. The number of aryl methyl sites for hydroxylation is 4. The second-order valence-corrected chi connectivity index (χ2v) is 32.5. The highest BCUT2D eigenvalue weighted by Gasteiger charge is 2.31. The fraction of sp³-hybridized carbons (Fsp3) is 0.220. The molecule has 0 saturated heterocycles. The van der Waals surface area contributed by atoms with Crippen LogP contribution in [0.1, 0.15) is 163 Å². The maximum atomic E-state index is 12.1. The summed E-state index contributed by atoms with van der Waals surface area (Å²) in [6.45, 7) is 63.4. The van der Waals surface area contributed by atoms with Crippen molar-refractivity contribution in [3.8, 4) is 90.5 Å². The van der Waals surface area contributed by atoms with Crippen LogP contribution in [0.3, 0.4) is 0 Å². The lowest BCUT2D eigenvalue weighted by Crippen LogP contribution is -2.11. The molecule has 0 aliphatic heterocycles. The number of carbonyl (C=O) groups excluding carboxylic acids is 11. The van der Waals surface area contributed by atoms with Crippen LogP contribution in [0.25, 0.3) is 44.5 Å². The van der Waals surface area contributed by atoms with Crippen molar-refractivity contribution in [2.24, 2.45) is 0 Å². The third kappa shape index (κ3) is 27.7. The third-order valence-corrected chi connectivity index (χ3v) is 20.8. The van der Waals surface area contributed by atoms with Crippen LogP contribution < -0.4 is 37.9 Å². The third-order valence-electron chi connectivity index (χ3n) is 20.8. The van der Waals surface area contributed by atoms with Gasteiger partial charge in [0.25, 0.3) is 0 Å². The van der Waals surface area contributed by atoms with Crippen LogP contribution in [0, 0.1) is 0 Å². The number of ether oxygens (including phenoxy) is 12. The molecule has 0 amide bonds. The molecule has 0 heterocycles. The minimum absolute atomic E-state index is 0.0726. The number of carbonyl (C=O) groups is 11. The van der Waals surface area contributed by atoms with E-state index in [2.05, 4.69) is 97.7 Å². The van der Waals surface area contributed by atoms with Gasteiger partial charge < -0.3 is 56.8 Å². The van der Waals surface area contributed by atoms with Crippen molar-refractivity contribution >= 4 is 65.7 Å². The number of fused-ring (bicyclic) bond motifs is 4. The van der Waals surface area contributed by atoms with Gasteiger partial charge in [-0.2, -0.15) is 0 Å². The van der Waals surface area contributed by atoms with Crippen molar-refractivity contribution in [1.29, 1.82) is 0 Å². The average molecular weight is 1780 g/mol. The zero-order chi connectivity index (χ0) is 96.8. The largest absolute Gasteiger partial charge is 0.494 e. The van der Waals surface area contributed by atoms with Gasteiger partial charge in [0.2, 0.25) is 0 Å². The van der Waals surface area contributed by atoms with Crippen LogP contribution in [0.15, 0.2) is 305 Å². The first-order chi connectivity index (χ1) is 62.4. The number of hydrogen-bond donors (Lipinski definition) is 0. The zero-order valence-corrected chi connectivity index (χ0v) is 76.0. The Balaban J connectivity index is 0.000000198. The Morgan fingerprint density at radius 2 is 0.485 bits per heavy atom. The van der Waals surface area contributed by atoms with E-state index in [1.807, 2.05) is 60.7 Å². The SMILES string of the molecule is C=C(C)C(=O)OCC1CCc2ccc(-c3cc(OC(=O)C(=C)C)cc(OC(=O)C(=C)C)c3)cc21.C=C(C)C(=O)Oc1cc(OC(=O)C(=C)C)cc(-c2ccc3c(c2)C(OC(=O)C(=C)C)CC3)c1.C=CC(=C)OCC1CCc2ccc(-c3cc(OC(=O)C(=C)C)cc(OC(=O)C(=C)C)c3)cc21.C=CC(=O)OC1CCc2ccc(-c3cc(OC(=O)C(=C)C)cc(OC(=O)C(=C)C)c3)cc21. The van der Waals surface area contributed by atoms with E-state index in [-0.39, 0.29) is 121 Å². The van der Waals surface area contributed by atoms with Crippen LogP contribution in [0.5, 0.6) is 46.0 Å². The smallest absolute Gasteiger partial charge is 0.338 e. The van der Waals surface area contributed by atoms with Crippen LogP contribution in [0.4, 0.5) is 0 Å². The molecule has 4 aliphatic carbocycles. The Bertz CT molecular complexity index is 5980. The molecular weight excluding hydrogens is 1680 g/mol. The Kier molecular flexibility index (Phi) is 34.4. The van der Waals surface area contributed by atoms with Gasteiger partial charge in [-0.25, -0.2) is 52.7 Å². The van der Waals surface area contributed by atoms with E-state index in [4.69, 9.17) is 56.8 Å². The molecule has 0 fully saturated rings. The lowest BCUT2D eigenvalue weighted by atomic mass is 9.96. The van der Waals surface area contributed by atoms with Crippen molar-refractivity contribution in [1.82, 2.24) is 0 Å². The van der Waals surface area contributed by atoms with Crippen LogP contribution >= 0.6 is 0 Å². The summed E-state index contributed by atoms with van der Waals surface area (Å²) >= 11 is 0. The minimum Gasteiger partial charge on any atom is -0.494 e. The van der Waals surface area contributed by atoms with Gasteiger partial charge in [-0.3, -0.25) is 0 Å². The Hall–Kier alpha value is -15.7. The molecule has 8 aromatic rings. The molecule has 23 heteroatoms. The molecule has 0 saturated carbocycles. The maximum absolute atomic E-state index is 12.1. The molecule has 0 bridgehead atoms. The summed E-state index contributed by atoms with van der Waals surface area (Å²) in [5, 5.41) is 0. The molecule has 0 aromatic heterocycles. The highest BCUT2D eigenvalue weighted by Crippen LogP contribution is 2.45. The van der Waals surface area contributed by atoms with Gasteiger partial charge in [-0.05, 0) is 276 Å². The lowest BCUT2D eigenvalue weighted by Gasteiger charge is -2.15. The summed E-state index contributed by atoms with van der Waals surface area (Å²) in [7, 11) is 0. The van der Waals surface area contributed by atoms with Gasteiger partial charge >= 0.3 is 65.7 Å². The van der Waals surface area contributed by atoms with Crippen molar-refractivity contribution < 1.29 is 110 Å². The fourth-order valence-corrected chi connectivity index (χ4v) is 13.8. The Morgan fingerprint density at radius 3 is 0.727 bits per heavy atom. The van der Waals surface area contributed by atoms with Crippen molar-refractivity contribution in [3.05, 3.63) is 349 Å². The summed E-state index contributed by atoms with van der Waals surface area (Å²) in [6.07, 6.45) is 8.71. The van der Waals surface area contributed by atoms with E-state index < -0.39 is 65.7 Å². The Morgan fingerprint density at radius 1 is 0.258 bits per heavy atom. The summed E-state index contributed by atoms with van der Waals surface area (Å²) in [6, 6.07) is 43.3. The highest BCUT2D eigenvalue weighted by molar-refractivity contribution is 5.95. The van der Waals surface area contributed by atoms with E-state index in [1.165, 1.54) is 41.0 Å². The van der Waals surface area contributed by atoms with Gasteiger partial charge in [0, 0.05) is 97.9 Å². The summed E-state index contributed by atoms with van der Waals surface area (Å²) in [4.78, 5) is 132. The first kappa shape index (κ1) is 100. The lowest BCUT2D eigenvalue weighted by molar-refractivity contribution is -0.145. The predicted octanol–water partition coefficient (Wildman–Crippen LogP) is 22.0. The molecule has 4 aliphatic rings. The second-order valence-electron chi connectivity index (χ2n) is 32.5. The van der Waals surface area contributed by atoms with Crippen LogP contribution in [-0.4, -0.2) is 78.9 Å². The molecule has 4 unspecified atom stereocenters. The first-order valence-electron chi connectivity index (χ1n) is 42.1. The van der Waals surface area contributed by atoms with Crippen LogP contribution in [0.2, 0.25) is 0 Å². The number of allylic oxidation sites excluding steroid dienone is 1. The van der Waals surface area contributed by atoms with E-state index in [0.717, 1.165) is 100 Å². The molecule has 132 heavy (non-hydrogen) atoms. The monoisotopic (exact) mass is 1780 g/mol. The van der Waals surface area contributed by atoms with Gasteiger partial charge in [0.05, 0.1) is 13.2 Å². The molecule has 4 atom stereocenters. The molecule has 0 N–H and O–H groups in total. The van der Waals surface area contributed by atoms with E-state index in [0.29, 0.717) is 53.0 Å². The van der Waals surface area contributed by atoms with Crippen LogP contribution in [-0.2, 0) is 97.4 Å². The van der Waals surface area contributed by atoms with E-state index in [1.54, 1.807) is 124 Å². The average Bonchev–Trinajstić information content (AvgIpc) is 1.51. The summed E-state index contributed by atoms with van der Waals surface area (Å²) < 4.78 is 65.3. The molecule has 680 valence electrons. The van der Waals surface area contributed by atoms with E-state index >= 15 is 0 Å². The topological polar surface area (TPSA) is 299 Å². The number of benzene rings is 8. The molecule has 23 nitrogen and oxygen atoms in total. The van der Waals surface area contributed by atoms with Gasteiger partial charge in [0.15, 0.2) is 0 Å².